The molecule has 9 heteroatoms. The van der Waals surface area contributed by atoms with E-state index in [9.17, 15) is 23.7 Å². The number of alkyl halides is 4. The summed E-state index contributed by atoms with van der Waals surface area (Å²) in [6.07, 6.45) is 0. The van der Waals surface area contributed by atoms with Gasteiger partial charge < -0.3 is 4.74 Å². The molecule has 0 aliphatic carbocycles. The minimum absolute atomic E-state index is 0.0385. The first-order valence-electron chi connectivity index (χ1n) is 6.91. The Hall–Kier alpha value is -1.87. The Morgan fingerprint density at radius 1 is 1.04 bits per heavy atom. The Kier molecular flexibility index (Phi) is 6.60. The number of nitrogens with zero attached hydrogens (tertiary/aromatic N) is 1. The van der Waals surface area contributed by atoms with Crippen LogP contribution in [-0.2, 0) is 0 Å². The van der Waals surface area contributed by atoms with E-state index in [4.69, 9.17) is 0 Å². The lowest BCUT2D eigenvalue weighted by Crippen LogP contribution is -2.19. The highest BCUT2D eigenvalue weighted by Crippen LogP contribution is 2.34. The van der Waals surface area contributed by atoms with Crippen LogP contribution in [0.25, 0.3) is 0 Å². The molecule has 5 nitrogen and oxygen atoms in total. The number of nitro benzene ring substituents is 1. The topological polar surface area (TPSA) is 69.4 Å². The lowest BCUT2D eigenvalue weighted by Gasteiger charge is -2.16. The number of non-ortho nitro benzene ring substituents is 1. The van der Waals surface area contributed by atoms with Crippen molar-refractivity contribution >= 4 is 43.3 Å². The molecule has 0 heterocycles. The van der Waals surface area contributed by atoms with Crippen molar-refractivity contribution in [1.29, 1.82) is 0 Å². The maximum absolute atomic E-state index is 12.5. The number of hydrogen-bond acceptors (Lipinski definition) is 4. The van der Waals surface area contributed by atoms with Crippen LogP contribution in [0.3, 0.4) is 0 Å². The fourth-order valence-electron chi connectivity index (χ4n) is 2.04. The Balaban J connectivity index is 2.11. The summed E-state index contributed by atoms with van der Waals surface area (Å²) in [7, 11) is 0. The number of rotatable bonds is 7. The van der Waals surface area contributed by atoms with Gasteiger partial charge in [0.1, 0.15) is 5.75 Å². The second-order valence-electron chi connectivity index (χ2n) is 4.92. The van der Waals surface area contributed by atoms with E-state index in [2.05, 4.69) is 36.6 Å². The largest absolute Gasteiger partial charge is 0.435 e. The fourth-order valence-corrected chi connectivity index (χ4v) is 3.16. The van der Waals surface area contributed by atoms with Crippen LogP contribution in [0.4, 0.5) is 14.5 Å². The van der Waals surface area contributed by atoms with Crippen molar-refractivity contribution in [2.75, 3.05) is 0 Å². The molecule has 0 amide bonds. The number of ether oxygens (including phenoxy) is 1. The quantitative estimate of drug-likeness (QED) is 0.235. The van der Waals surface area contributed by atoms with E-state index < -0.39 is 21.2 Å². The van der Waals surface area contributed by atoms with E-state index >= 15 is 0 Å². The van der Waals surface area contributed by atoms with E-state index in [1.807, 2.05) is 0 Å². The predicted octanol–water partition coefficient (Wildman–Crippen LogP) is 5.28. The van der Waals surface area contributed by atoms with Gasteiger partial charge in [0.2, 0.25) is 0 Å². The molecule has 0 N–H and O–H groups in total. The molecule has 0 unspecified atom stereocenters. The SMILES string of the molecule is O=C(c1ccc(OC(F)F)cc1)[C@H](Br)[C@H](Br)c1ccc([N+](=O)[O-])cc1. The molecular formula is C16H11Br2F2NO4. The van der Waals surface area contributed by atoms with Crippen LogP contribution in [0.1, 0.15) is 20.7 Å². The molecule has 2 aromatic rings. The van der Waals surface area contributed by atoms with Crippen molar-refractivity contribution in [2.45, 2.75) is 16.3 Å². The zero-order valence-corrected chi connectivity index (χ0v) is 15.6. The van der Waals surface area contributed by atoms with Crippen molar-refractivity contribution in [3.63, 3.8) is 0 Å². The Labute approximate surface area is 158 Å². The average Bonchev–Trinajstić information content (AvgIpc) is 2.60. The van der Waals surface area contributed by atoms with E-state index in [-0.39, 0.29) is 17.2 Å². The van der Waals surface area contributed by atoms with Crippen LogP contribution in [0.5, 0.6) is 5.75 Å². The van der Waals surface area contributed by atoms with Crippen molar-refractivity contribution in [2.24, 2.45) is 0 Å². The van der Waals surface area contributed by atoms with Gasteiger partial charge in [0.05, 0.1) is 14.6 Å². The molecular weight excluding hydrogens is 468 g/mol. The van der Waals surface area contributed by atoms with Gasteiger partial charge in [0.25, 0.3) is 5.69 Å². The summed E-state index contributed by atoms with van der Waals surface area (Å²) in [5, 5.41) is 10.7. The lowest BCUT2D eigenvalue weighted by molar-refractivity contribution is -0.384. The summed E-state index contributed by atoms with van der Waals surface area (Å²) in [5.74, 6) is -0.313. The third-order valence-electron chi connectivity index (χ3n) is 3.29. The van der Waals surface area contributed by atoms with Crippen molar-refractivity contribution in [3.8, 4) is 5.75 Å². The Morgan fingerprint density at radius 3 is 2.08 bits per heavy atom. The van der Waals surface area contributed by atoms with Crippen molar-refractivity contribution in [1.82, 2.24) is 0 Å². The second-order valence-corrected chi connectivity index (χ2v) is 6.89. The summed E-state index contributed by atoms with van der Waals surface area (Å²) in [4.78, 5) is 21.6. The van der Waals surface area contributed by atoms with Gasteiger partial charge in [-0.3, -0.25) is 14.9 Å². The minimum atomic E-state index is -2.93. The van der Waals surface area contributed by atoms with E-state index in [1.54, 1.807) is 12.1 Å². The molecule has 0 aliphatic heterocycles. The zero-order chi connectivity index (χ0) is 18.6. The number of nitro groups is 1. The smallest absolute Gasteiger partial charge is 0.387 e. The summed E-state index contributed by atoms with van der Waals surface area (Å²) < 4.78 is 28.5. The summed E-state index contributed by atoms with van der Waals surface area (Å²) >= 11 is 6.70. The molecule has 0 saturated carbocycles. The van der Waals surface area contributed by atoms with Crippen LogP contribution in [0, 0.1) is 10.1 Å². The van der Waals surface area contributed by atoms with Gasteiger partial charge in [0.15, 0.2) is 5.78 Å². The highest BCUT2D eigenvalue weighted by atomic mass is 79.9. The van der Waals surface area contributed by atoms with Crippen LogP contribution >= 0.6 is 31.9 Å². The van der Waals surface area contributed by atoms with E-state index in [0.29, 0.717) is 11.1 Å². The third kappa shape index (κ3) is 5.05. The molecule has 2 aromatic carbocycles. The van der Waals surface area contributed by atoms with E-state index in [0.717, 1.165) is 0 Å². The summed E-state index contributed by atoms with van der Waals surface area (Å²) in [5.41, 5.74) is 0.948. The van der Waals surface area contributed by atoms with Gasteiger partial charge in [-0.15, -0.1) is 0 Å². The number of Topliss-reactive ketones (excluding diaryl/α,β-unsaturated/α-hetero) is 1. The van der Waals surface area contributed by atoms with Crippen LogP contribution in [0.2, 0.25) is 0 Å². The number of benzene rings is 2. The zero-order valence-electron chi connectivity index (χ0n) is 12.4. The molecule has 0 radical (unpaired) electrons. The fraction of sp³-hybridized carbons (Fsp3) is 0.188. The first-order valence-corrected chi connectivity index (χ1v) is 8.74. The molecule has 132 valence electrons. The highest BCUT2D eigenvalue weighted by molar-refractivity contribution is 9.12. The molecule has 25 heavy (non-hydrogen) atoms. The maximum atomic E-state index is 12.5. The second kappa shape index (κ2) is 8.48. The first-order chi connectivity index (χ1) is 11.8. The van der Waals surface area contributed by atoms with E-state index in [1.165, 1.54) is 36.4 Å². The molecule has 0 saturated heterocycles. The third-order valence-corrected chi connectivity index (χ3v) is 6.01. The highest BCUT2D eigenvalue weighted by Gasteiger charge is 2.26. The molecule has 0 fully saturated rings. The van der Waals surface area contributed by atoms with Gasteiger partial charge in [-0.05, 0) is 29.8 Å². The standard InChI is InChI=1S/C16H11Br2F2NO4/c17-13(9-1-5-11(6-2-9)21(23)24)14(18)15(22)10-3-7-12(8-4-10)25-16(19)20/h1-8,13-14,16H/t13-,14-/m1/s1. The molecule has 0 spiro atoms. The van der Waals surface area contributed by atoms with Gasteiger partial charge in [-0.25, -0.2) is 0 Å². The number of hydrogen-bond donors (Lipinski definition) is 0. The number of ketones is 1. The van der Waals surface area contributed by atoms with Crippen LogP contribution in [0.15, 0.2) is 48.5 Å². The normalized spacial score (nSPS) is 13.3. The van der Waals surface area contributed by atoms with Crippen LogP contribution < -0.4 is 4.74 Å². The number of carbonyl (C=O) groups is 1. The molecule has 0 bridgehead atoms. The predicted molar refractivity (Wildman–Crippen MR) is 94.9 cm³/mol. The van der Waals surface area contributed by atoms with Gasteiger partial charge in [-0.1, -0.05) is 44.0 Å². The van der Waals surface area contributed by atoms with Crippen molar-refractivity contribution in [3.05, 3.63) is 69.8 Å². The van der Waals surface area contributed by atoms with Crippen LogP contribution in [-0.4, -0.2) is 22.1 Å². The lowest BCUT2D eigenvalue weighted by atomic mass is 10.0. The Bertz CT molecular complexity index is 754. The molecule has 0 aromatic heterocycles. The van der Waals surface area contributed by atoms with Crippen molar-refractivity contribution < 1.29 is 23.2 Å². The molecule has 2 atom stereocenters. The maximum Gasteiger partial charge on any atom is 0.387 e. The molecule has 0 aliphatic rings. The summed E-state index contributed by atoms with van der Waals surface area (Å²) in [6.45, 7) is -2.93. The number of halogens is 4. The molecule has 2 rings (SSSR count). The Morgan fingerprint density at radius 2 is 1.60 bits per heavy atom. The monoisotopic (exact) mass is 477 g/mol. The van der Waals surface area contributed by atoms with Gasteiger partial charge in [0, 0.05) is 17.7 Å². The minimum Gasteiger partial charge on any atom is -0.435 e. The van der Waals surface area contributed by atoms with Gasteiger partial charge >= 0.3 is 6.61 Å². The first kappa shape index (κ1) is 19.5. The summed E-state index contributed by atoms with van der Waals surface area (Å²) in [6, 6.07) is 11.2. The van der Waals surface area contributed by atoms with Gasteiger partial charge in [-0.2, -0.15) is 8.78 Å². The number of carbonyl (C=O) groups excluding carboxylic acids is 1. The average molecular weight is 479 g/mol.